The molecule has 0 atom stereocenters. The zero-order valence-corrected chi connectivity index (χ0v) is 14.9. The van der Waals surface area contributed by atoms with Crippen LogP contribution in [0.3, 0.4) is 0 Å². The molecular formula is C14H11ClIN3O2S. The van der Waals surface area contributed by atoms with Crippen LogP contribution >= 0.6 is 46.4 Å². The van der Waals surface area contributed by atoms with Crippen LogP contribution in [0.2, 0.25) is 5.02 Å². The first-order valence-electron chi connectivity index (χ1n) is 6.14. The highest BCUT2D eigenvalue weighted by Crippen LogP contribution is 2.15. The molecule has 22 heavy (non-hydrogen) atoms. The molecule has 0 bridgehead atoms. The van der Waals surface area contributed by atoms with E-state index in [2.05, 4.69) is 38.2 Å². The van der Waals surface area contributed by atoms with Crippen molar-refractivity contribution in [1.82, 2.24) is 10.3 Å². The Labute approximate surface area is 151 Å². The van der Waals surface area contributed by atoms with Gasteiger partial charge in [-0.15, -0.1) is 0 Å². The molecule has 2 rings (SSSR count). The molecular weight excluding hydrogens is 437 g/mol. The highest BCUT2D eigenvalue weighted by molar-refractivity contribution is 14.1. The molecule has 2 N–H and O–H groups in total. The molecule has 1 aromatic carbocycles. The average Bonchev–Trinajstić information content (AvgIpc) is 2.49. The third-order valence-electron chi connectivity index (χ3n) is 2.41. The maximum absolute atomic E-state index is 11.7. The largest absolute Gasteiger partial charge is 0.484 e. The summed E-state index contributed by atoms with van der Waals surface area (Å²) in [6.45, 7) is -0.149. The Morgan fingerprint density at radius 1 is 1.27 bits per heavy atom. The van der Waals surface area contributed by atoms with Gasteiger partial charge in [0.15, 0.2) is 11.7 Å². The third kappa shape index (κ3) is 5.74. The van der Waals surface area contributed by atoms with Crippen molar-refractivity contribution in [2.24, 2.45) is 0 Å². The average molecular weight is 448 g/mol. The van der Waals surface area contributed by atoms with Crippen LogP contribution in [0.25, 0.3) is 0 Å². The summed E-state index contributed by atoms with van der Waals surface area (Å²) in [5.41, 5.74) is 0. The van der Waals surface area contributed by atoms with Gasteiger partial charge in [0.25, 0.3) is 5.91 Å². The molecule has 0 spiro atoms. The standard InChI is InChI=1S/C14H11ClIN3O2S/c15-9-1-4-11(5-2-9)21-8-13(20)19-14(22)18-12-6-3-10(16)7-17-12/h1-7H,8H2,(H2,17,18,19,20,22). The Morgan fingerprint density at radius 2 is 2.00 bits per heavy atom. The number of aromatic nitrogens is 1. The fraction of sp³-hybridized carbons (Fsp3) is 0.0714. The van der Waals surface area contributed by atoms with Crippen molar-refractivity contribution < 1.29 is 9.53 Å². The fourth-order valence-corrected chi connectivity index (χ4v) is 2.10. The van der Waals surface area contributed by atoms with E-state index in [4.69, 9.17) is 28.6 Å². The lowest BCUT2D eigenvalue weighted by Gasteiger charge is -2.10. The molecule has 2 aromatic rings. The van der Waals surface area contributed by atoms with Crippen LogP contribution in [0.15, 0.2) is 42.6 Å². The molecule has 1 amide bonds. The first kappa shape index (κ1) is 16.9. The Hall–Kier alpha value is -1.45. The fourth-order valence-electron chi connectivity index (χ4n) is 1.44. The molecule has 5 nitrogen and oxygen atoms in total. The van der Waals surface area contributed by atoms with E-state index in [1.807, 2.05) is 6.07 Å². The Morgan fingerprint density at radius 3 is 2.64 bits per heavy atom. The Bertz CT molecular complexity index is 665. The first-order chi connectivity index (χ1) is 10.5. The van der Waals surface area contributed by atoms with Crippen molar-refractivity contribution in [3.05, 3.63) is 51.2 Å². The van der Waals surface area contributed by atoms with E-state index in [-0.39, 0.29) is 17.6 Å². The van der Waals surface area contributed by atoms with Crippen LogP contribution in [0.4, 0.5) is 5.82 Å². The van der Waals surface area contributed by atoms with E-state index < -0.39 is 0 Å². The molecule has 0 saturated heterocycles. The van der Waals surface area contributed by atoms with Crippen molar-refractivity contribution in [3.63, 3.8) is 0 Å². The Kier molecular flexibility index (Phi) is 6.34. The van der Waals surface area contributed by atoms with Gasteiger partial charge >= 0.3 is 0 Å². The van der Waals surface area contributed by atoms with Crippen LogP contribution in [0.1, 0.15) is 0 Å². The van der Waals surface area contributed by atoms with E-state index in [9.17, 15) is 4.79 Å². The van der Waals surface area contributed by atoms with E-state index in [1.54, 1.807) is 36.5 Å². The van der Waals surface area contributed by atoms with Gasteiger partial charge in [0.2, 0.25) is 0 Å². The van der Waals surface area contributed by atoms with Gasteiger partial charge in [0, 0.05) is 14.8 Å². The van der Waals surface area contributed by atoms with Crippen LogP contribution in [-0.2, 0) is 4.79 Å². The number of halogens is 2. The summed E-state index contributed by atoms with van der Waals surface area (Å²) in [4.78, 5) is 15.9. The van der Waals surface area contributed by atoms with Gasteiger partial charge in [-0.3, -0.25) is 10.1 Å². The van der Waals surface area contributed by atoms with Crippen molar-refractivity contribution in [1.29, 1.82) is 0 Å². The monoisotopic (exact) mass is 447 g/mol. The number of pyridine rings is 1. The quantitative estimate of drug-likeness (QED) is 0.557. The lowest BCUT2D eigenvalue weighted by molar-refractivity contribution is -0.121. The number of nitrogens with one attached hydrogen (secondary N) is 2. The minimum absolute atomic E-state index is 0.149. The second-order valence-electron chi connectivity index (χ2n) is 4.11. The van der Waals surface area contributed by atoms with Crippen molar-refractivity contribution in [2.45, 2.75) is 0 Å². The molecule has 0 saturated carbocycles. The minimum Gasteiger partial charge on any atom is -0.484 e. The zero-order valence-electron chi connectivity index (χ0n) is 11.2. The normalized spacial score (nSPS) is 9.91. The first-order valence-corrected chi connectivity index (χ1v) is 8.00. The van der Waals surface area contributed by atoms with E-state index >= 15 is 0 Å². The topological polar surface area (TPSA) is 63.2 Å². The highest BCUT2D eigenvalue weighted by Gasteiger charge is 2.06. The number of nitrogens with zero attached hydrogens (tertiary/aromatic N) is 1. The molecule has 0 aliphatic carbocycles. The van der Waals surface area contributed by atoms with Crippen molar-refractivity contribution in [2.75, 3.05) is 11.9 Å². The lowest BCUT2D eigenvalue weighted by atomic mass is 10.3. The predicted octanol–water partition coefficient (Wildman–Crippen LogP) is 3.23. The smallest absolute Gasteiger partial charge is 0.264 e. The molecule has 0 unspecified atom stereocenters. The van der Waals surface area contributed by atoms with Crippen LogP contribution in [-0.4, -0.2) is 22.6 Å². The third-order valence-corrected chi connectivity index (χ3v) is 3.50. The summed E-state index contributed by atoms with van der Waals surface area (Å²) in [7, 11) is 0. The number of hydrogen-bond acceptors (Lipinski definition) is 4. The molecule has 1 aromatic heterocycles. The number of carbonyl (C=O) groups excluding carboxylic acids is 1. The SMILES string of the molecule is O=C(COc1ccc(Cl)cc1)NC(=S)Nc1ccc(I)cn1. The summed E-state index contributed by atoms with van der Waals surface area (Å²) in [6.07, 6.45) is 1.69. The number of rotatable bonds is 4. The number of thiocarbonyl (C=S) groups is 1. The van der Waals surface area contributed by atoms with Gasteiger partial charge in [-0.1, -0.05) is 11.6 Å². The number of anilines is 1. The number of amides is 1. The highest BCUT2D eigenvalue weighted by atomic mass is 127. The van der Waals surface area contributed by atoms with Crippen molar-refractivity contribution >= 4 is 63.2 Å². The predicted molar refractivity (Wildman–Crippen MR) is 98.3 cm³/mol. The number of hydrogen-bond donors (Lipinski definition) is 2. The van der Waals surface area contributed by atoms with Gasteiger partial charge in [0.05, 0.1) is 0 Å². The Balaban J connectivity index is 1.77. The minimum atomic E-state index is -0.363. The van der Waals surface area contributed by atoms with Crippen LogP contribution in [0, 0.1) is 3.57 Å². The van der Waals surface area contributed by atoms with Gasteiger partial charge in [-0.05, 0) is 71.2 Å². The number of carbonyl (C=O) groups is 1. The second-order valence-corrected chi connectivity index (χ2v) is 6.20. The summed E-state index contributed by atoms with van der Waals surface area (Å²) in [5.74, 6) is 0.750. The van der Waals surface area contributed by atoms with Gasteiger partial charge < -0.3 is 10.1 Å². The van der Waals surface area contributed by atoms with Crippen molar-refractivity contribution in [3.8, 4) is 5.75 Å². The molecule has 0 radical (unpaired) electrons. The van der Waals surface area contributed by atoms with Crippen LogP contribution < -0.4 is 15.4 Å². The van der Waals surface area contributed by atoms with Gasteiger partial charge in [-0.2, -0.15) is 0 Å². The molecule has 8 heteroatoms. The van der Waals surface area contributed by atoms with Gasteiger partial charge in [-0.25, -0.2) is 4.98 Å². The molecule has 0 aliphatic rings. The van der Waals surface area contributed by atoms with Crippen LogP contribution in [0.5, 0.6) is 5.75 Å². The van der Waals surface area contributed by atoms with E-state index in [0.29, 0.717) is 16.6 Å². The molecule has 0 aliphatic heterocycles. The van der Waals surface area contributed by atoms with Gasteiger partial charge in [0.1, 0.15) is 11.6 Å². The summed E-state index contributed by atoms with van der Waals surface area (Å²) < 4.78 is 6.32. The summed E-state index contributed by atoms with van der Waals surface area (Å²) >= 11 is 12.9. The maximum Gasteiger partial charge on any atom is 0.264 e. The van der Waals surface area contributed by atoms with E-state index in [1.165, 1.54) is 0 Å². The molecule has 114 valence electrons. The van der Waals surface area contributed by atoms with E-state index in [0.717, 1.165) is 3.57 Å². The summed E-state index contributed by atoms with van der Waals surface area (Å²) in [6, 6.07) is 10.4. The summed E-state index contributed by atoms with van der Waals surface area (Å²) in [5, 5.41) is 6.10. The number of ether oxygens (including phenoxy) is 1. The lowest BCUT2D eigenvalue weighted by Crippen LogP contribution is -2.37. The number of benzene rings is 1. The maximum atomic E-state index is 11.7. The molecule has 1 heterocycles. The molecule has 0 fully saturated rings. The zero-order chi connectivity index (χ0) is 15.9. The second kappa shape index (κ2) is 8.25.